The van der Waals surface area contributed by atoms with Crippen LogP contribution in [0, 0.1) is 5.82 Å². The highest BCUT2D eigenvalue weighted by Gasteiger charge is 2.25. The Bertz CT molecular complexity index is 908. The molecule has 29 heavy (non-hydrogen) atoms. The van der Waals surface area contributed by atoms with E-state index in [1.807, 2.05) is 33.8 Å². The molecule has 4 nitrogen and oxygen atoms in total. The smallest absolute Gasteiger partial charge is 0.338 e. The fraction of sp³-hybridized carbons (Fsp3) is 0.435. The Kier molecular flexibility index (Phi) is 6.37. The lowest BCUT2D eigenvalue weighted by atomic mass is 9.92. The molecule has 156 valence electrons. The van der Waals surface area contributed by atoms with Gasteiger partial charge in [0, 0.05) is 12.5 Å². The number of carbonyl (C=O) groups is 1. The van der Waals surface area contributed by atoms with Crippen molar-refractivity contribution in [2.24, 2.45) is 0 Å². The van der Waals surface area contributed by atoms with Crippen LogP contribution in [-0.4, -0.2) is 24.7 Å². The first-order valence-electron chi connectivity index (χ1n) is 9.90. The number of nitrogens with one attached hydrogen (secondary N) is 1. The van der Waals surface area contributed by atoms with Crippen molar-refractivity contribution >= 4 is 23.3 Å². The van der Waals surface area contributed by atoms with Crippen molar-refractivity contribution in [3.63, 3.8) is 0 Å². The number of halogens is 2. The van der Waals surface area contributed by atoms with Crippen LogP contribution in [0.4, 0.5) is 10.1 Å². The van der Waals surface area contributed by atoms with Crippen LogP contribution in [0.1, 0.15) is 61.5 Å². The van der Waals surface area contributed by atoms with Gasteiger partial charge in [-0.25, -0.2) is 9.18 Å². The lowest BCUT2D eigenvalue weighted by Crippen LogP contribution is -2.23. The van der Waals surface area contributed by atoms with E-state index in [2.05, 4.69) is 5.32 Å². The number of rotatable bonds is 4. The topological polar surface area (TPSA) is 47.6 Å². The maximum absolute atomic E-state index is 14.6. The molecular weight excluding hydrogens is 393 g/mol. The number of anilines is 1. The molecule has 3 rings (SSSR count). The highest BCUT2D eigenvalue weighted by atomic mass is 35.5. The van der Waals surface area contributed by atoms with E-state index >= 15 is 0 Å². The summed E-state index contributed by atoms with van der Waals surface area (Å²) in [7, 11) is 0. The Morgan fingerprint density at radius 1 is 1.31 bits per heavy atom. The van der Waals surface area contributed by atoms with Crippen molar-refractivity contribution in [2.75, 3.05) is 18.5 Å². The minimum absolute atomic E-state index is 0.0410. The van der Waals surface area contributed by atoms with Crippen molar-refractivity contribution in [2.45, 2.75) is 52.1 Å². The Morgan fingerprint density at radius 3 is 2.76 bits per heavy atom. The van der Waals surface area contributed by atoms with E-state index < -0.39 is 5.60 Å². The minimum Gasteiger partial charge on any atom is -0.491 e. The lowest BCUT2D eigenvalue weighted by Gasteiger charge is -2.20. The maximum Gasteiger partial charge on any atom is 0.338 e. The quantitative estimate of drug-likeness (QED) is 0.619. The molecule has 2 aromatic carbocycles. The summed E-state index contributed by atoms with van der Waals surface area (Å²) < 4.78 is 26.0. The summed E-state index contributed by atoms with van der Waals surface area (Å²) in [6.07, 6.45) is 1.44. The van der Waals surface area contributed by atoms with Crippen LogP contribution >= 0.6 is 11.6 Å². The molecule has 0 bridgehead atoms. The van der Waals surface area contributed by atoms with E-state index in [1.165, 1.54) is 0 Å². The van der Waals surface area contributed by atoms with Crippen LogP contribution in [-0.2, 0) is 11.2 Å². The van der Waals surface area contributed by atoms with Crippen molar-refractivity contribution in [1.82, 2.24) is 0 Å². The molecule has 6 heteroatoms. The molecule has 1 N–H and O–H groups in total. The predicted molar refractivity (Wildman–Crippen MR) is 114 cm³/mol. The molecule has 0 amide bonds. The largest absolute Gasteiger partial charge is 0.491 e. The SMILES string of the molecule is CCCc1c(C2CNc3cc(C(=O)OC(C)(C)C)ccc3OC2)ccc(Cl)c1F. The van der Waals surface area contributed by atoms with Gasteiger partial charge < -0.3 is 14.8 Å². The summed E-state index contributed by atoms with van der Waals surface area (Å²) in [5.74, 6) is -0.111. The second-order valence-electron chi connectivity index (χ2n) is 8.28. The van der Waals surface area contributed by atoms with E-state index in [0.717, 1.165) is 17.7 Å². The van der Waals surface area contributed by atoms with Crippen LogP contribution in [0.2, 0.25) is 5.02 Å². The number of hydrogen-bond donors (Lipinski definition) is 1. The summed E-state index contributed by atoms with van der Waals surface area (Å²) in [6.45, 7) is 8.48. The van der Waals surface area contributed by atoms with E-state index in [-0.39, 0.29) is 22.7 Å². The molecule has 1 unspecified atom stereocenters. The third-order valence-electron chi connectivity index (χ3n) is 4.77. The average Bonchev–Trinajstić information content (AvgIpc) is 2.86. The van der Waals surface area contributed by atoms with Crippen LogP contribution in [0.3, 0.4) is 0 Å². The van der Waals surface area contributed by atoms with Gasteiger partial charge in [-0.3, -0.25) is 0 Å². The second kappa shape index (κ2) is 8.62. The van der Waals surface area contributed by atoms with Gasteiger partial charge in [-0.1, -0.05) is 31.0 Å². The van der Waals surface area contributed by atoms with Crippen molar-refractivity contribution in [1.29, 1.82) is 0 Å². The molecule has 0 aliphatic carbocycles. The monoisotopic (exact) mass is 419 g/mol. The van der Waals surface area contributed by atoms with Crippen LogP contribution < -0.4 is 10.1 Å². The Balaban J connectivity index is 1.83. The molecule has 0 fully saturated rings. The third-order valence-corrected chi connectivity index (χ3v) is 5.06. The first-order valence-corrected chi connectivity index (χ1v) is 10.3. The maximum atomic E-state index is 14.6. The van der Waals surface area contributed by atoms with Gasteiger partial charge in [0.05, 0.1) is 22.9 Å². The molecule has 0 saturated heterocycles. The molecular formula is C23H27ClFNO3. The molecule has 0 radical (unpaired) electrons. The van der Waals surface area contributed by atoms with Gasteiger partial charge in [0.25, 0.3) is 0 Å². The normalized spacial score (nSPS) is 16.3. The number of hydrogen-bond acceptors (Lipinski definition) is 4. The molecule has 1 atom stereocenters. The Labute approximate surface area is 176 Å². The molecule has 1 aliphatic heterocycles. The summed E-state index contributed by atoms with van der Waals surface area (Å²) in [4.78, 5) is 12.4. The number of benzene rings is 2. The summed E-state index contributed by atoms with van der Waals surface area (Å²) in [5, 5.41) is 3.49. The fourth-order valence-electron chi connectivity index (χ4n) is 3.43. The van der Waals surface area contributed by atoms with Crippen molar-refractivity contribution in [3.05, 3.63) is 57.9 Å². The highest BCUT2D eigenvalue weighted by molar-refractivity contribution is 6.30. The number of esters is 1. The van der Waals surface area contributed by atoms with Gasteiger partial charge in [0.2, 0.25) is 0 Å². The fourth-order valence-corrected chi connectivity index (χ4v) is 3.61. The first-order chi connectivity index (χ1) is 13.7. The number of carbonyl (C=O) groups excluding carboxylic acids is 1. The Morgan fingerprint density at radius 2 is 2.07 bits per heavy atom. The Hall–Kier alpha value is -2.27. The second-order valence-corrected chi connectivity index (χ2v) is 8.69. The zero-order valence-corrected chi connectivity index (χ0v) is 18.0. The summed E-state index contributed by atoms with van der Waals surface area (Å²) >= 11 is 5.99. The molecule has 1 heterocycles. The van der Waals surface area contributed by atoms with Gasteiger partial charge >= 0.3 is 5.97 Å². The number of ether oxygens (including phenoxy) is 2. The van der Waals surface area contributed by atoms with E-state index in [4.69, 9.17) is 21.1 Å². The van der Waals surface area contributed by atoms with E-state index in [1.54, 1.807) is 24.3 Å². The molecule has 2 aromatic rings. The standard InChI is InChI=1S/C23H27ClFNO3/c1-5-6-17-16(8-9-18(24)21(17)25)15-12-26-19-11-14(7-10-20(19)28-13-15)22(27)29-23(2,3)4/h7-11,15,26H,5-6,12-13H2,1-4H3. The molecule has 1 aliphatic rings. The van der Waals surface area contributed by atoms with Crippen molar-refractivity contribution < 1.29 is 18.7 Å². The van der Waals surface area contributed by atoms with Crippen LogP contribution in [0.25, 0.3) is 0 Å². The van der Waals surface area contributed by atoms with Crippen LogP contribution in [0.15, 0.2) is 30.3 Å². The van der Waals surface area contributed by atoms with Gasteiger partial charge in [0.15, 0.2) is 0 Å². The van der Waals surface area contributed by atoms with E-state index in [9.17, 15) is 9.18 Å². The van der Waals surface area contributed by atoms with Crippen molar-refractivity contribution in [3.8, 4) is 5.75 Å². The van der Waals surface area contributed by atoms with Gasteiger partial charge in [-0.15, -0.1) is 0 Å². The first kappa shape index (κ1) is 21.4. The summed E-state index contributed by atoms with van der Waals surface area (Å²) in [6, 6.07) is 8.68. The molecule has 0 saturated carbocycles. The zero-order valence-electron chi connectivity index (χ0n) is 17.3. The predicted octanol–water partition coefficient (Wildman–Crippen LogP) is 5.98. The highest BCUT2D eigenvalue weighted by Crippen LogP contribution is 2.34. The van der Waals surface area contributed by atoms with Gasteiger partial charge in [-0.05, 0) is 62.6 Å². The lowest BCUT2D eigenvalue weighted by molar-refractivity contribution is 0.00695. The number of fused-ring (bicyclic) bond motifs is 1. The van der Waals surface area contributed by atoms with Gasteiger partial charge in [-0.2, -0.15) is 0 Å². The zero-order chi connectivity index (χ0) is 21.2. The van der Waals surface area contributed by atoms with E-state index in [0.29, 0.717) is 36.4 Å². The minimum atomic E-state index is -0.562. The third kappa shape index (κ3) is 5.02. The molecule has 0 aromatic heterocycles. The molecule has 0 spiro atoms. The average molecular weight is 420 g/mol. The summed E-state index contributed by atoms with van der Waals surface area (Å²) in [5.41, 5.74) is 2.17. The van der Waals surface area contributed by atoms with Gasteiger partial charge in [0.1, 0.15) is 17.2 Å². The van der Waals surface area contributed by atoms with Crippen LogP contribution in [0.5, 0.6) is 5.75 Å².